The first-order valence-corrected chi connectivity index (χ1v) is 10.3. The minimum absolute atomic E-state index is 0.309. The Balaban J connectivity index is 1.63. The van der Waals surface area contributed by atoms with Crippen molar-refractivity contribution in [2.75, 3.05) is 0 Å². The Hall–Kier alpha value is -3.41. The summed E-state index contributed by atoms with van der Waals surface area (Å²) < 4.78 is 1.79. The summed E-state index contributed by atoms with van der Waals surface area (Å²) in [7, 11) is 0. The molecule has 0 saturated carbocycles. The van der Waals surface area contributed by atoms with Crippen molar-refractivity contribution in [2.45, 2.75) is 6.92 Å². The lowest BCUT2D eigenvalue weighted by Gasteiger charge is -2.02. The number of hydrogen-bond donors (Lipinski definition) is 1. The topological polar surface area (TPSA) is 59.3 Å². The quantitative estimate of drug-likeness (QED) is 0.304. The molecule has 0 aliphatic rings. The molecule has 4 rings (SSSR count). The van der Waals surface area contributed by atoms with Gasteiger partial charge in [-0.2, -0.15) is 10.2 Å². The molecule has 3 aromatic carbocycles. The van der Waals surface area contributed by atoms with Gasteiger partial charge in [0.25, 0.3) is 5.91 Å². The highest BCUT2D eigenvalue weighted by Gasteiger charge is 2.12. The number of nitrogens with one attached hydrogen (secondary N) is 1. The van der Waals surface area contributed by atoms with Crippen LogP contribution < -0.4 is 5.43 Å². The number of hydrogen-bond acceptors (Lipinski definition) is 3. The van der Waals surface area contributed by atoms with Crippen LogP contribution in [0, 0.1) is 6.92 Å². The molecule has 1 amide bonds. The molecule has 7 heteroatoms. The van der Waals surface area contributed by atoms with Gasteiger partial charge in [-0.1, -0.05) is 65.2 Å². The average Bonchev–Trinajstić information content (AvgIpc) is 3.20. The van der Waals surface area contributed by atoms with E-state index in [0.717, 1.165) is 28.1 Å². The van der Waals surface area contributed by atoms with Crippen molar-refractivity contribution in [1.29, 1.82) is 0 Å². The highest BCUT2D eigenvalue weighted by molar-refractivity contribution is 6.42. The number of rotatable bonds is 5. The van der Waals surface area contributed by atoms with Gasteiger partial charge in [-0.15, -0.1) is 0 Å². The molecule has 31 heavy (non-hydrogen) atoms. The van der Waals surface area contributed by atoms with Crippen LogP contribution in [-0.2, 0) is 0 Å². The molecule has 154 valence electrons. The van der Waals surface area contributed by atoms with Crippen LogP contribution in [0.2, 0.25) is 10.0 Å². The Morgan fingerprint density at radius 2 is 1.81 bits per heavy atom. The SMILES string of the molecule is Cc1cccc(-c2nn(-c3ccccc3)cc2/C=N/NC(=O)c2ccc(Cl)c(Cl)c2)c1. The van der Waals surface area contributed by atoms with Crippen molar-refractivity contribution < 1.29 is 4.79 Å². The number of halogens is 2. The van der Waals surface area contributed by atoms with E-state index in [4.69, 9.17) is 28.3 Å². The molecule has 0 aliphatic heterocycles. The van der Waals surface area contributed by atoms with E-state index in [1.54, 1.807) is 23.0 Å². The molecule has 4 aromatic rings. The van der Waals surface area contributed by atoms with Gasteiger partial charge in [-0.05, 0) is 43.3 Å². The predicted octanol–water partition coefficient (Wildman–Crippen LogP) is 5.92. The van der Waals surface area contributed by atoms with E-state index in [9.17, 15) is 4.79 Å². The molecule has 0 spiro atoms. The van der Waals surface area contributed by atoms with Crippen LogP contribution >= 0.6 is 23.2 Å². The molecule has 0 radical (unpaired) electrons. The van der Waals surface area contributed by atoms with E-state index >= 15 is 0 Å². The Kier molecular flexibility index (Phi) is 6.16. The van der Waals surface area contributed by atoms with Crippen molar-refractivity contribution in [2.24, 2.45) is 5.10 Å². The average molecular weight is 449 g/mol. The van der Waals surface area contributed by atoms with Gasteiger partial charge >= 0.3 is 0 Å². The van der Waals surface area contributed by atoms with E-state index < -0.39 is 0 Å². The standard InChI is InChI=1S/C24H18Cl2N4O/c1-16-6-5-7-17(12-16)23-19(15-30(29-23)20-8-3-2-4-9-20)14-27-28-24(31)18-10-11-21(25)22(26)13-18/h2-15H,1H3,(H,28,31)/b27-14+. The molecule has 0 bridgehead atoms. The van der Waals surface area contributed by atoms with Crippen molar-refractivity contribution >= 4 is 35.3 Å². The minimum atomic E-state index is -0.387. The van der Waals surface area contributed by atoms with Crippen LogP contribution in [0.25, 0.3) is 16.9 Å². The van der Waals surface area contributed by atoms with Crippen LogP contribution in [0.3, 0.4) is 0 Å². The normalized spacial score (nSPS) is 11.1. The van der Waals surface area contributed by atoms with Gasteiger partial charge in [-0.25, -0.2) is 10.1 Å². The van der Waals surface area contributed by atoms with E-state index in [1.807, 2.05) is 61.7 Å². The van der Waals surface area contributed by atoms with Gasteiger partial charge in [0.05, 0.1) is 21.9 Å². The Bertz CT molecular complexity index is 1270. The van der Waals surface area contributed by atoms with Crippen molar-refractivity contribution in [3.8, 4) is 16.9 Å². The number of benzene rings is 3. The van der Waals surface area contributed by atoms with E-state index in [0.29, 0.717) is 15.6 Å². The molecular formula is C24H18Cl2N4O. The van der Waals surface area contributed by atoms with Crippen LogP contribution in [0.4, 0.5) is 0 Å². The maximum absolute atomic E-state index is 12.4. The molecular weight excluding hydrogens is 431 g/mol. The fourth-order valence-corrected chi connectivity index (χ4v) is 3.37. The first kappa shape index (κ1) is 20.8. The summed E-state index contributed by atoms with van der Waals surface area (Å²) >= 11 is 11.9. The molecule has 1 N–H and O–H groups in total. The first-order chi connectivity index (χ1) is 15.0. The minimum Gasteiger partial charge on any atom is -0.267 e. The number of nitrogens with zero attached hydrogens (tertiary/aromatic N) is 3. The van der Waals surface area contributed by atoms with Gasteiger partial charge in [-0.3, -0.25) is 4.79 Å². The summed E-state index contributed by atoms with van der Waals surface area (Å²) in [6, 6.07) is 22.5. The summed E-state index contributed by atoms with van der Waals surface area (Å²) in [5, 5.41) is 9.58. The van der Waals surface area contributed by atoms with Gasteiger partial charge < -0.3 is 0 Å². The fourth-order valence-electron chi connectivity index (χ4n) is 3.07. The first-order valence-electron chi connectivity index (χ1n) is 9.52. The molecule has 0 aliphatic carbocycles. The Labute approximate surface area is 189 Å². The second-order valence-electron chi connectivity index (χ2n) is 6.91. The van der Waals surface area contributed by atoms with Crippen molar-refractivity contribution in [1.82, 2.24) is 15.2 Å². The second-order valence-corrected chi connectivity index (χ2v) is 7.73. The number of aryl methyl sites for hydroxylation is 1. The lowest BCUT2D eigenvalue weighted by Crippen LogP contribution is -2.17. The van der Waals surface area contributed by atoms with Gasteiger partial charge in [0, 0.05) is 22.9 Å². The number of amides is 1. The Morgan fingerprint density at radius 3 is 2.55 bits per heavy atom. The summed E-state index contributed by atoms with van der Waals surface area (Å²) in [5.41, 5.74) is 7.44. The highest BCUT2D eigenvalue weighted by Crippen LogP contribution is 2.24. The number of carbonyl (C=O) groups is 1. The number of para-hydroxylation sites is 1. The number of hydrazone groups is 1. The molecule has 5 nitrogen and oxygen atoms in total. The summed E-state index contributed by atoms with van der Waals surface area (Å²) in [6.45, 7) is 2.03. The zero-order chi connectivity index (χ0) is 21.8. The van der Waals surface area contributed by atoms with Gasteiger partial charge in [0.1, 0.15) is 5.69 Å². The fraction of sp³-hybridized carbons (Fsp3) is 0.0417. The third-order valence-electron chi connectivity index (χ3n) is 4.61. The maximum atomic E-state index is 12.4. The predicted molar refractivity (Wildman–Crippen MR) is 125 cm³/mol. The summed E-state index contributed by atoms with van der Waals surface area (Å²) in [5.74, 6) is -0.387. The number of aromatic nitrogens is 2. The third-order valence-corrected chi connectivity index (χ3v) is 5.35. The summed E-state index contributed by atoms with van der Waals surface area (Å²) in [6.07, 6.45) is 3.46. The summed E-state index contributed by atoms with van der Waals surface area (Å²) in [4.78, 5) is 12.4. The lowest BCUT2D eigenvalue weighted by atomic mass is 10.1. The van der Waals surface area contributed by atoms with Gasteiger partial charge in [0.2, 0.25) is 0 Å². The van der Waals surface area contributed by atoms with Crippen LogP contribution in [0.15, 0.2) is 84.1 Å². The molecule has 0 unspecified atom stereocenters. The van der Waals surface area contributed by atoms with Crippen molar-refractivity contribution in [3.05, 3.63) is 106 Å². The molecule has 0 saturated heterocycles. The molecule has 0 fully saturated rings. The zero-order valence-corrected chi connectivity index (χ0v) is 18.1. The molecule has 1 aromatic heterocycles. The largest absolute Gasteiger partial charge is 0.271 e. The lowest BCUT2D eigenvalue weighted by molar-refractivity contribution is 0.0955. The van der Waals surface area contributed by atoms with E-state index in [-0.39, 0.29) is 5.91 Å². The zero-order valence-electron chi connectivity index (χ0n) is 16.6. The van der Waals surface area contributed by atoms with Crippen LogP contribution in [0.1, 0.15) is 21.5 Å². The van der Waals surface area contributed by atoms with Gasteiger partial charge in [0.15, 0.2) is 0 Å². The van der Waals surface area contributed by atoms with Crippen LogP contribution in [-0.4, -0.2) is 21.9 Å². The van der Waals surface area contributed by atoms with E-state index in [1.165, 1.54) is 6.07 Å². The monoisotopic (exact) mass is 448 g/mol. The third kappa shape index (κ3) is 4.85. The smallest absolute Gasteiger partial charge is 0.267 e. The highest BCUT2D eigenvalue weighted by atomic mass is 35.5. The number of carbonyl (C=O) groups excluding carboxylic acids is 1. The molecule has 0 atom stereocenters. The molecule has 1 heterocycles. The van der Waals surface area contributed by atoms with E-state index in [2.05, 4.69) is 16.6 Å². The van der Waals surface area contributed by atoms with Crippen LogP contribution in [0.5, 0.6) is 0 Å². The second kappa shape index (κ2) is 9.16. The Morgan fingerprint density at radius 1 is 1.00 bits per heavy atom. The maximum Gasteiger partial charge on any atom is 0.271 e. The van der Waals surface area contributed by atoms with Crippen molar-refractivity contribution in [3.63, 3.8) is 0 Å².